The highest BCUT2D eigenvalue weighted by molar-refractivity contribution is 5.07. The number of halogens is 5. The summed E-state index contributed by atoms with van der Waals surface area (Å²) in [6.07, 6.45) is -6.71. The molecule has 0 aliphatic heterocycles. The summed E-state index contributed by atoms with van der Waals surface area (Å²) in [6.45, 7) is 1.82. The predicted octanol–water partition coefficient (Wildman–Crippen LogP) is 3.40. The van der Waals surface area contributed by atoms with Crippen molar-refractivity contribution in [1.82, 2.24) is 0 Å². The molecule has 72 valence electrons. The molecule has 0 aromatic rings. The van der Waals surface area contributed by atoms with Crippen molar-refractivity contribution in [2.75, 3.05) is 0 Å². The van der Waals surface area contributed by atoms with E-state index in [1.807, 2.05) is 0 Å². The number of hydrogen-bond donors (Lipinski definition) is 0. The van der Waals surface area contributed by atoms with E-state index in [0.717, 1.165) is 13.8 Å². The van der Waals surface area contributed by atoms with E-state index in [2.05, 4.69) is 0 Å². The van der Waals surface area contributed by atoms with Crippen LogP contribution < -0.4 is 0 Å². The van der Waals surface area contributed by atoms with Crippen LogP contribution in [0.4, 0.5) is 22.0 Å². The SMILES string of the molecule is C/C(=C/C(C)C(F)F)C(F)(F)F. The van der Waals surface area contributed by atoms with Gasteiger partial charge in [0.05, 0.1) is 0 Å². The Hall–Kier alpha value is -0.610. The first-order chi connectivity index (χ1) is 5.25. The van der Waals surface area contributed by atoms with Gasteiger partial charge < -0.3 is 0 Å². The number of rotatable bonds is 2. The fraction of sp³-hybridized carbons (Fsp3) is 0.714. The van der Waals surface area contributed by atoms with Crippen LogP contribution in [0.3, 0.4) is 0 Å². The molecule has 0 aromatic carbocycles. The van der Waals surface area contributed by atoms with E-state index in [4.69, 9.17) is 0 Å². The summed E-state index contributed by atoms with van der Waals surface area (Å²) in [5, 5.41) is 0. The van der Waals surface area contributed by atoms with Gasteiger partial charge in [0, 0.05) is 11.5 Å². The Morgan fingerprint density at radius 3 is 1.92 bits per heavy atom. The Balaban J connectivity index is 4.36. The van der Waals surface area contributed by atoms with Gasteiger partial charge in [-0.1, -0.05) is 13.0 Å². The van der Waals surface area contributed by atoms with Gasteiger partial charge in [-0.3, -0.25) is 0 Å². The minimum absolute atomic E-state index is 0.532. The number of hydrogen-bond acceptors (Lipinski definition) is 0. The van der Waals surface area contributed by atoms with Crippen LogP contribution in [0, 0.1) is 5.92 Å². The Morgan fingerprint density at radius 2 is 1.67 bits per heavy atom. The van der Waals surface area contributed by atoms with Crippen LogP contribution in [0.15, 0.2) is 11.6 Å². The molecule has 0 nitrogen and oxygen atoms in total. The van der Waals surface area contributed by atoms with E-state index in [0.29, 0.717) is 6.08 Å². The van der Waals surface area contributed by atoms with E-state index >= 15 is 0 Å². The van der Waals surface area contributed by atoms with Crippen LogP contribution in [-0.2, 0) is 0 Å². The van der Waals surface area contributed by atoms with Crippen LogP contribution in [0.25, 0.3) is 0 Å². The maximum absolute atomic E-state index is 11.8. The standard InChI is InChI=1S/C7H9F5/c1-4(6(8)9)3-5(2)7(10,11)12/h3-4,6H,1-2H3/b5-3-. The Kier molecular flexibility index (Phi) is 3.67. The molecule has 0 aromatic heterocycles. The lowest BCUT2D eigenvalue weighted by Gasteiger charge is -2.09. The Bertz CT molecular complexity index is 167. The lowest BCUT2D eigenvalue weighted by atomic mass is 10.1. The first kappa shape index (κ1) is 11.4. The summed E-state index contributed by atoms with van der Waals surface area (Å²) in [6, 6.07) is 0. The van der Waals surface area contributed by atoms with E-state index < -0.39 is 24.1 Å². The fourth-order valence-electron chi connectivity index (χ4n) is 0.562. The summed E-state index contributed by atoms with van der Waals surface area (Å²) >= 11 is 0. The van der Waals surface area contributed by atoms with Crippen molar-refractivity contribution < 1.29 is 22.0 Å². The second-order valence-electron chi connectivity index (χ2n) is 2.54. The molecule has 0 radical (unpaired) electrons. The van der Waals surface area contributed by atoms with Gasteiger partial charge in [-0.2, -0.15) is 13.2 Å². The second kappa shape index (κ2) is 3.87. The summed E-state index contributed by atoms with van der Waals surface area (Å²) < 4.78 is 58.8. The van der Waals surface area contributed by atoms with Gasteiger partial charge in [0.15, 0.2) is 0 Å². The van der Waals surface area contributed by atoms with Crippen molar-refractivity contribution in [3.05, 3.63) is 11.6 Å². The maximum Gasteiger partial charge on any atom is 0.412 e. The van der Waals surface area contributed by atoms with E-state index in [-0.39, 0.29) is 0 Å². The second-order valence-corrected chi connectivity index (χ2v) is 2.54. The molecule has 0 spiro atoms. The van der Waals surface area contributed by atoms with Crippen molar-refractivity contribution in [2.24, 2.45) is 5.92 Å². The van der Waals surface area contributed by atoms with Crippen molar-refractivity contribution in [2.45, 2.75) is 26.4 Å². The third-order valence-corrected chi connectivity index (χ3v) is 1.36. The number of allylic oxidation sites excluding steroid dienone is 2. The first-order valence-corrected chi connectivity index (χ1v) is 3.29. The molecule has 0 rings (SSSR count). The maximum atomic E-state index is 11.8. The summed E-state index contributed by atoms with van der Waals surface area (Å²) in [4.78, 5) is 0. The smallest absolute Gasteiger partial charge is 0.210 e. The first-order valence-electron chi connectivity index (χ1n) is 3.29. The van der Waals surface area contributed by atoms with Crippen molar-refractivity contribution in [1.29, 1.82) is 0 Å². The third-order valence-electron chi connectivity index (χ3n) is 1.36. The lowest BCUT2D eigenvalue weighted by molar-refractivity contribution is -0.0921. The van der Waals surface area contributed by atoms with Crippen LogP contribution in [0.1, 0.15) is 13.8 Å². The molecule has 0 aliphatic carbocycles. The van der Waals surface area contributed by atoms with Crippen molar-refractivity contribution in [3.63, 3.8) is 0 Å². The molecule has 0 bridgehead atoms. The fourth-order valence-corrected chi connectivity index (χ4v) is 0.562. The molecule has 5 heteroatoms. The molecule has 0 saturated carbocycles. The molecular weight excluding hydrogens is 179 g/mol. The van der Waals surface area contributed by atoms with Crippen molar-refractivity contribution in [3.8, 4) is 0 Å². The zero-order valence-corrected chi connectivity index (χ0v) is 6.62. The van der Waals surface area contributed by atoms with Gasteiger partial charge in [0.1, 0.15) is 0 Å². The monoisotopic (exact) mass is 188 g/mol. The average Bonchev–Trinajstić information content (AvgIpc) is 1.85. The summed E-state index contributed by atoms with van der Waals surface area (Å²) in [5.74, 6) is -1.35. The molecule has 0 saturated heterocycles. The molecule has 0 aliphatic rings. The largest absolute Gasteiger partial charge is 0.412 e. The van der Waals surface area contributed by atoms with Crippen LogP contribution in [0.5, 0.6) is 0 Å². The van der Waals surface area contributed by atoms with Crippen LogP contribution in [0.2, 0.25) is 0 Å². The van der Waals surface area contributed by atoms with E-state index in [1.54, 1.807) is 0 Å². The highest BCUT2D eigenvalue weighted by Crippen LogP contribution is 2.27. The zero-order chi connectivity index (χ0) is 9.94. The Morgan fingerprint density at radius 1 is 1.25 bits per heavy atom. The quantitative estimate of drug-likeness (QED) is 0.460. The molecule has 0 amide bonds. The van der Waals surface area contributed by atoms with Gasteiger partial charge in [0.25, 0.3) is 0 Å². The van der Waals surface area contributed by atoms with Crippen LogP contribution in [-0.4, -0.2) is 12.6 Å². The minimum Gasteiger partial charge on any atom is -0.210 e. The number of alkyl halides is 5. The van der Waals surface area contributed by atoms with Gasteiger partial charge in [0.2, 0.25) is 6.43 Å². The lowest BCUT2D eigenvalue weighted by Crippen LogP contribution is -2.12. The molecule has 1 atom stereocenters. The van der Waals surface area contributed by atoms with Gasteiger partial charge in [-0.05, 0) is 6.92 Å². The summed E-state index contributed by atoms with van der Waals surface area (Å²) in [7, 11) is 0. The van der Waals surface area contributed by atoms with Gasteiger partial charge in [-0.15, -0.1) is 0 Å². The Labute approximate surface area is 67.1 Å². The highest BCUT2D eigenvalue weighted by atomic mass is 19.4. The average molecular weight is 188 g/mol. The topological polar surface area (TPSA) is 0 Å². The molecule has 0 N–H and O–H groups in total. The minimum atomic E-state index is -4.50. The van der Waals surface area contributed by atoms with Gasteiger partial charge in [-0.25, -0.2) is 8.78 Å². The predicted molar refractivity (Wildman–Crippen MR) is 35.0 cm³/mol. The molecule has 1 unspecified atom stereocenters. The summed E-state index contributed by atoms with van der Waals surface area (Å²) in [5.41, 5.74) is -0.977. The van der Waals surface area contributed by atoms with Crippen LogP contribution >= 0.6 is 0 Å². The van der Waals surface area contributed by atoms with Gasteiger partial charge >= 0.3 is 6.18 Å². The normalized spacial score (nSPS) is 16.8. The van der Waals surface area contributed by atoms with E-state index in [1.165, 1.54) is 0 Å². The molecular formula is C7H9F5. The zero-order valence-electron chi connectivity index (χ0n) is 6.62. The molecule has 0 fully saturated rings. The molecule has 0 heterocycles. The van der Waals surface area contributed by atoms with E-state index in [9.17, 15) is 22.0 Å². The molecule has 12 heavy (non-hydrogen) atoms. The highest BCUT2D eigenvalue weighted by Gasteiger charge is 2.30. The third kappa shape index (κ3) is 3.69. The van der Waals surface area contributed by atoms with Crippen molar-refractivity contribution >= 4 is 0 Å².